The number of hydrogen-bond donors (Lipinski definition) is 2. The summed E-state index contributed by atoms with van der Waals surface area (Å²) in [5.74, 6) is -2.39. The SMILES string of the molecule is Cc1nc(-c2cc(C(=O)O)on2)ncc1-c1ccc(C(C)N2CC3(CC(c4ccc(N5CCC(=O)NC5=O)c(F)c4)C3)C2)cc1F. The van der Waals surface area contributed by atoms with Crippen molar-refractivity contribution >= 4 is 23.6 Å². The highest BCUT2D eigenvalue weighted by Crippen LogP contribution is 2.57. The fourth-order valence-electron chi connectivity index (χ4n) is 6.92. The molecule has 2 aromatic carbocycles. The zero-order valence-electron chi connectivity index (χ0n) is 25.1. The van der Waals surface area contributed by atoms with Crippen molar-refractivity contribution in [1.29, 1.82) is 0 Å². The third-order valence-corrected chi connectivity index (χ3v) is 9.47. The first-order valence-corrected chi connectivity index (χ1v) is 15.0. The van der Waals surface area contributed by atoms with Gasteiger partial charge in [-0.25, -0.2) is 28.3 Å². The molecule has 2 saturated heterocycles. The Morgan fingerprint density at radius 1 is 1.09 bits per heavy atom. The lowest BCUT2D eigenvalue weighted by Crippen LogP contribution is -2.61. The van der Waals surface area contributed by atoms with Crippen LogP contribution in [0.5, 0.6) is 0 Å². The highest BCUT2D eigenvalue weighted by Gasteiger charge is 2.53. The summed E-state index contributed by atoms with van der Waals surface area (Å²) in [6, 6.07) is 10.8. The van der Waals surface area contributed by atoms with Gasteiger partial charge in [-0.05, 0) is 67.3 Å². The number of hydrogen-bond acceptors (Lipinski definition) is 8. The monoisotopic (exact) mass is 628 g/mol. The molecule has 46 heavy (non-hydrogen) atoms. The number of carbonyl (C=O) groups excluding carboxylic acids is 2. The number of rotatable bonds is 7. The van der Waals surface area contributed by atoms with Gasteiger partial charge < -0.3 is 9.63 Å². The number of carboxylic acid groups (broad SMARTS) is 1. The number of aromatic nitrogens is 3. The number of benzene rings is 2. The van der Waals surface area contributed by atoms with Crippen molar-refractivity contribution in [3.05, 3.63) is 82.9 Å². The van der Waals surface area contributed by atoms with Gasteiger partial charge in [0.2, 0.25) is 11.7 Å². The number of imide groups is 1. The molecule has 4 aromatic rings. The highest BCUT2D eigenvalue weighted by molar-refractivity contribution is 6.05. The summed E-state index contributed by atoms with van der Waals surface area (Å²) in [5, 5.41) is 15.0. The molecule has 1 atom stereocenters. The Kier molecular flexibility index (Phi) is 7.15. The Morgan fingerprint density at radius 3 is 2.52 bits per heavy atom. The summed E-state index contributed by atoms with van der Waals surface area (Å²) in [6.45, 7) is 5.67. The predicted octanol–water partition coefficient (Wildman–Crippen LogP) is 5.47. The van der Waals surface area contributed by atoms with Crippen LogP contribution < -0.4 is 10.2 Å². The second-order valence-electron chi connectivity index (χ2n) is 12.5. The highest BCUT2D eigenvalue weighted by atomic mass is 19.1. The van der Waals surface area contributed by atoms with Gasteiger partial charge in [0.05, 0.1) is 5.69 Å². The van der Waals surface area contributed by atoms with E-state index in [9.17, 15) is 18.8 Å². The van der Waals surface area contributed by atoms with Crippen molar-refractivity contribution in [1.82, 2.24) is 25.3 Å². The fraction of sp³-hybridized carbons (Fsp3) is 0.333. The molecule has 2 aromatic heterocycles. The molecule has 13 heteroatoms. The van der Waals surface area contributed by atoms with Crippen LogP contribution >= 0.6 is 0 Å². The van der Waals surface area contributed by atoms with Crippen LogP contribution in [-0.4, -0.2) is 62.7 Å². The van der Waals surface area contributed by atoms with E-state index in [1.54, 1.807) is 25.1 Å². The molecule has 1 saturated carbocycles. The van der Waals surface area contributed by atoms with Crippen molar-refractivity contribution in [2.75, 3.05) is 24.5 Å². The van der Waals surface area contributed by atoms with Gasteiger partial charge in [-0.3, -0.25) is 19.9 Å². The van der Waals surface area contributed by atoms with Crippen molar-refractivity contribution in [2.45, 2.75) is 45.1 Å². The Morgan fingerprint density at radius 2 is 1.87 bits per heavy atom. The van der Waals surface area contributed by atoms with E-state index in [0.717, 1.165) is 37.1 Å². The average molecular weight is 629 g/mol. The summed E-state index contributed by atoms with van der Waals surface area (Å²) >= 11 is 0. The maximum atomic E-state index is 15.4. The number of aryl methyl sites for hydroxylation is 1. The fourth-order valence-corrected chi connectivity index (χ4v) is 6.92. The van der Waals surface area contributed by atoms with Crippen LogP contribution in [0.3, 0.4) is 0 Å². The molecule has 2 aliphatic heterocycles. The first kappa shape index (κ1) is 29.7. The number of nitrogens with zero attached hydrogens (tertiary/aromatic N) is 5. The summed E-state index contributed by atoms with van der Waals surface area (Å²) < 4.78 is 35.2. The molecule has 1 aliphatic carbocycles. The van der Waals surface area contributed by atoms with E-state index in [0.29, 0.717) is 16.8 Å². The van der Waals surface area contributed by atoms with Crippen LogP contribution in [0.15, 0.2) is 53.2 Å². The Labute approximate surface area is 262 Å². The molecule has 3 fully saturated rings. The normalized spacial score (nSPS) is 18.7. The van der Waals surface area contributed by atoms with E-state index >= 15 is 4.39 Å². The molecule has 4 heterocycles. The van der Waals surface area contributed by atoms with Crippen LogP contribution in [0, 0.1) is 24.0 Å². The quantitative estimate of drug-likeness (QED) is 0.272. The van der Waals surface area contributed by atoms with Gasteiger partial charge in [0.1, 0.15) is 11.6 Å². The zero-order chi connectivity index (χ0) is 32.3. The molecule has 11 nitrogen and oxygen atoms in total. The Hall–Kier alpha value is -5.04. The average Bonchev–Trinajstić information content (AvgIpc) is 3.47. The largest absolute Gasteiger partial charge is 0.475 e. The summed E-state index contributed by atoms with van der Waals surface area (Å²) in [4.78, 5) is 46.8. The van der Waals surface area contributed by atoms with Crippen LogP contribution in [0.4, 0.5) is 19.3 Å². The van der Waals surface area contributed by atoms with Crippen molar-refractivity contribution in [3.8, 4) is 22.6 Å². The number of nitrogens with one attached hydrogen (secondary N) is 1. The molecule has 236 valence electrons. The van der Waals surface area contributed by atoms with Gasteiger partial charge in [-0.15, -0.1) is 0 Å². The van der Waals surface area contributed by atoms with E-state index in [1.807, 2.05) is 12.1 Å². The van der Waals surface area contributed by atoms with E-state index < -0.39 is 23.6 Å². The van der Waals surface area contributed by atoms with Crippen molar-refractivity contribution in [2.24, 2.45) is 5.41 Å². The van der Waals surface area contributed by atoms with Gasteiger partial charge >= 0.3 is 12.0 Å². The Bertz CT molecular complexity index is 1900. The van der Waals surface area contributed by atoms with E-state index in [1.165, 1.54) is 23.2 Å². The molecular weight excluding hydrogens is 598 g/mol. The number of urea groups is 1. The summed E-state index contributed by atoms with van der Waals surface area (Å²) in [6.07, 6.45) is 3.49. The number of anilines is 1. The molecule has 0 radical (unpaired) electrons. The molecule has 3 aliphatic rings. The van der Waals surface area contributed by atoms with Crippen LogP contribution in [0.1, 0.15) is 65.5 Å². The number of halogens is 2. The first-order chi connectivity index (χ1) is 22.0. The van der Waals surface area contributed by atoms with Crippen LogP contribution in [0.2, 0.25) is 0 Å². The topological polar surface area (TPSA) is 142 Å². The van der Waals surface area contributed by atoms with Crippen LogP contribution in [0.25, 0.3) is 22.6 Å². The number of aromatic carboxylic acids is 1. The molecule has 7 rings (SSSR count). The second kappa shape index (κ2) is 11.1. The van der Waals surface area contributed by atoms with Crippen molar-refractivity contribution in [3.63, 3.8) is 0 Å². The minimum Gasteiger partial charge on any atom is -0.475 e. The number of amides is 3. The summed E-state index contributed by atoms with van der Waals surface area (Å²) in [5.41, 5.74) is 3.66. The third kappa shape index (κ3) is 5.19. The van der Waals surface area contributed by atoms with Gasteiger partial charge in [0.25, 0.3) is 0 Å². The maximum absolute atomic E-state index is 15.4. The standard InChI is InChI=1S/C33H30F2N6O5/c1-17-23(14-36-30(37-17)26-11-28(31(43)44)46-39-26)22-5-3-19(9-24(22)34)18(2)40-15-33(16-40)12-21(13-33)20-4-6-27(25(35)10-20)41-8-7-29(42)38-32(41)45/h3-6,9-11,14,18,21H,7-8,12-13,15-16H2,1-2H3,(H,43,44)(H,38,42,45). The van der Waals surface area contributed by atoms with Gasteiger partial charge in [0.15, 0.2) is 11.5 Å². The zero-order valence-corrected chi connectivity index (χ0v) is 25.1. The van der Waals surface area contributed by atoms with E-state index in [2.05, 4.69) is 32.3 Å². The minimum atomic E-state index is -1.25. The molecule has 1 unspecified atom stereocenters. The minimum absolute atomic E-state index is 0.00263. The van der Waals surface area contributed by atoms with Gasteiger partial charge in [0, 0.05) is 61.2 Å². The van der Waals surface area contributed by atoms with Gasteiger partial charge in [-0.1, -0.05) is 23.4 Å². The third-order valence-electron chi connectivity index (χ3n) is 9.47. The molecule has 1 spiro atoms. The lowest BCUT2D eigenvalue weighted by molar-refractivity contribution is -0.120. The van der Waals surface area contributed by atoms with Crippen molar-refractivity contribution < 1.29 is 32.8 Å². The van der Waals surface area contributed by atoms with E-state index in [4.69, 9.17) is 9.63 Å². The Balaban J connectivity index is 0.968. The second-order valence-corrected chi connectivity index (χ2v) is 12.5. The number of carboxylic acids is 1. The molecule has 0 bridgehead atoms. The predicted molar refractivity (Wildman–Crippen MR) is 161 cm³/mol. The number of likely N-dealkylation sites (tertiary alicyclic amines) is 1. The molecule has 3 amide bonds. The molecular formula is C33H30F2N6O5. The van der Waals surface area contributed by atoms with Gasteiger partial charge in [-0.2, -0.15) is 0 Å². The maximum Gasteiger partial charge on any atom is 0.374 e. The van der Waals surface area contributed by atoms with E-state index in [-0.39, 0.29) is 59.2 Å². The number of carbonyl (C=O) groups is 3. The first-order valence-electron chi connectivity index (χ1n) is 15.0. The lowest BCUT2D eigenvalue weighted by atomic mass is 9.56. The lowest BCUT2D eigenvalue weighted by Gasteiger charge is -2.61. The summed E-state index contributed by atoms with van der Waals surface area (Å²) in [7, 11) is 0. The molecule has 2 N–H and O–H groups in total. The smallest absolute Gasteiger partial charge is 0.374 e. The van der Waals surface area contributed by atoms with Crippen LogP contribution in [-0.2, 0) is 4.79 Å².